The quantitative estimate of drug-likeness (QED) is 0.660. The molecule has 8 heteroatoms. The Morgan fingerprint density at radius 2 is 2.11 bits per heavy atom. The smallest absolute Gasteiger partial charge is 0.326 e. The zero-order valence-corrected chi connectivity index (χ0v) is 11.7. The van der Waals surface area contributed by atoms with Gasteiger partial charge in [0.2, 0.25) is 10.0 Å². The Labute approximate surface area is 110 Å². The van der Waals surface area contributed by atoms with Gasteiger partial charge in [0, 0.05) is 6.20 Å². The molecule has 1 aromatic rings. The van der Waals surface area contributed by atoms with E-state index in [1.54, 1.807) is 0 Å². The molecular formula is C10H13ClN2O4S. The van der Waals surface area contributed by atoms with Gasteiger partial charge >= 0.3 is 5.97 Å². The third-order valence-corrected chi connectivity index (χ3v) is 4.20. The second-order valence-electron chi connectivity index (χ2n) is 4.01. The van der Waals surface area contributed by atoms with Crippen LogP contribution in [0, 0.1) is 0 Å². The standard InChI is InChI=1S/C10H13ClN2O4S/c1-10(2,9(14)17-3)13-18(15,16)7-5-4-6-12-8(7)11/h4-6,13H,1-3H3. The maximum absolute atomic E-state index is 12.0. The Hall–Kier alpha value is -1.18. The van der Waals surface area contributed by atoms with Gasteiger partial charge in [-0.05, 0) is 26.0 Å². The summed E-state index contributed by atoms with van der Waals surface area (Å²) >= 11 is 5.70. The third kappa shape index (κ3) is 3.18. The Morgan fingerprint density at radius 3 is 2.61 bits per heavy atom. The highest BCUT2D eigenvalue weighted by atomic mass is 35.5. The summed E-state index contributed by atoms with van der Waals surface area (Å²) in [4.78, 5) is 14.9. The van der Waals surface area contributed by atoms with Gasteiger partial charge in [0.15, 0.2) is 0 Å². The summed E-state index contributed by atoms with van der Waals surface area (Å²) in [5, 5.41) is -0.161. The molecule has 1 N–H and O–H groups in total. The van der Waals surface area contributed by atoms with Crippen LogP contribution in [0.25, 0.3) is 0 Å². The van der Waals surface area contributed by atoms with Crippen molar-refractivity contribution in [3.63, 3.8) is 0 Å². The molecule has 0 bridgehead atoms. The van der Waals surface area contributed by atoms with E-state index in [1.807, 2.05) is 0 Å². The minimum absolute atomic E-state index is 0.161. The van der Waals surface area contributed by atoms with Crippen LogP contribution in [0.1, 0.15) is 13.8 Å². The van der Waals surface area contributed by atoms with Gasteiger partial charge in [-0.2, -0.15) is 4.72 Å². The van der Waals surface area contributed by atoms with Gasteiger partial charge in [-0.1, -0.05) is 11.6 Å². The number of aromatic nitrogens is 1. The second kappa shape index (κ2) is 5.21. The predicted octanol–water partition coefficient (Wildman–Crippen LogP) is 0.965. The van der Waals surface area contributed by atoms with Crippen molar-refractivity contribution in [1.29, 1.82) is 0 Å². The number of halogens is 1. The highest BCUT2D eigenvalue weighted by Gasteiger charge is 2.35. The Balaban J connectivity index is 3.11. The number of esters is 1. The molecule has 0 aliphatic carbocycles. The van der Waals surface area contributed by atoms with Gasteiger partial charge in [-0.15, -0.1) is 0 Å². The van der Waals surface area contributed by atoms with Crippen LogP contribution in [0.4, 0.5) is 0 Å². The van der Waals surface area contributed by atoms with E-state index < -0.39 is 21.5 Å². The molecule has 0 aliphatic rings. The number of hydrogen-bond donors (Lipinski definition) is 1. The summed E-state index contributed by atoms with van der Waals surface area (Å²) in [5.41, 5.74) is -1.40. The number of sulfonamides is 1. The molecule has 18 heavy (non-hydrogen) atoms. The monoisotopic (exact) mass is 292 g/mol. The predicted molar refractivity (Wildman–Crippen MR) is 65.7 cm³/mol. The summed E-state index contributed by atoms with van der Waals surface area (Å²) in [5.74, 6) is -0.703. The highest BCUT2D eigenvalue weighted by molar-refractivity contribution is 7.89. The van der Waals surface area contributed by atoms with E-state index in [2.05, 4.69) is 14.4 Å². The molecule has 0 spiro atoms. The van der Waals surface area contributed by atoms with E-state index >= 15 is 0 Å². The molecule has 0 amide bonds. The average molecular weight is 293 g/mol. The van der Waals surface area contributed by atoms with Gasteiger partial charge in [-0.3, -0.25) is 4.79 Å². The van der Waals surface area contributed by atoms with Crippen molar-refractivity contribution in [3.8, 4) is 0 Å². The van der Waals surface area contributed by atoms with Gasteiger partial charge in [0.25, 0.3) is 0 Å². The largest absolute Gasteiger partial charge is 0.468 e. The number of nitrogens with one attached hydrogen (secondary N) is 1. The molecule has 1 aromatic heterocycles. The van der Waals surface area contributed by atoms with Gasteiger partial charge < -0.3 is 4.74 Å². The van der Waals surface area contributed by atoms with E-state index in [4.69, 9.17) is 11.6 Å². The molecule has 0 radical (unpaired) electrons. The molecule has 0 saturated heterocycles. The van der Waals surface area contributed by atoms with Crippen molar-refractivity contribution >= 4 is 27.6 Å². The summed E-state index contributed by atoms with van der Waals surface area (Å²) in [6.45, 7) is 2.78. The van der Waals surface area contributed by atoms with Crippen LogP contribution >= 0.6 is 11.6 Å². The first-order chi connectivity index (χ1) is 8.20. The molecule has 100 valence electrons. The normalized spacial score (nSPS) is 12.2. The molecule has 0 saturated carbocycles. The molecule has 1 heterocycles. The van der Waals surface area contributed by atoms with Gasteiger partial charge in [-0.25, -0.2) is 13.4 Å². The average Bonchev–Trinajstić information content (AvgIpc) is 2.26. The number of nitrogens with zero attached hydrogens (tertiary/aromatic N) is 1. The van der Waals surface area contributed by atoms with Gasteiger partial charge in [0.1, 0.15) is 15.6 Å². The zero-order valence-electron chi connectivity index (χ0n) is 10.1. The van der Waals surface area contributed by atoms with Crippen LogP contribution in [-0.2, 0) is 19.6 Å². The van der Waals surface area contributed by atoms with Crippen molar-refractivity contribution in [2.45, 2.75) is 24.3 Å². The second-order valence-corrected chi connectivity index (χ2v) is 6.02. The molecule has 0 aliphatic heterocycles. The minimum Gasteiger partial charge on any atom is -0.468 e. The first kappa shape index (κ1) is 14.9. The lowest BCUT2D eigenvalue weighted by atomic mass is 10.1. The molecule has 0 aromatic carbocycles. The van der Waals surface area contributed by atoms with E-state index in [0.717, 1.165) is 0 Å². The van der Waals surface area contributed by atoms with Crippen LogP contribution in [0.2, 0.25) is 5.15 Å². The molecule has 1 rings (SSSR count). The van der Waals surface area contributed by atoms with E-state index in [9.17, 15) is 13.2 Å². The first-order valence-corrected chi connectivity index (χ1v) is 6.80. The van der Waals surface area contributed by atoms with E-state index in [-0.39, 0.29) is 10.0 Å². The van der Waals surface area contributed by atoms with Crippen molar-refractivity contribution in [1.82, 2.24) is 9.71 Å². The fourth-order valence-corrected chi connectivity index (χ4v) is 3.08. The topological polar surface area (TPSA) is 85.4 Å². The molecule has 0 atom stereocenters. The van der Waals surface area contributed by atoms with Crippen LogP contribution in [0.5, 0.6) is 0 Å². The maximum atomic E-state index is 12.0. The highest BCUT2D eigenvalue weighted by Crippen LogP contribution is 2.20. The molecular weight excluding hydrogens is 280 g/mol. The Morgan fingerprint density at radius 1 is 1.50 bits per heavy atom. The fraction of sp³-hybridized carbons (Fsp3) is 0.400. The minimum atomic E-state index is -3.95. The zero-order chi connectivity index (χ0) is 14.0. The number of rotatable bonds is 4. The van der Waals surface area contributed by atoms with Crippen molar-refractivity contribution < 1.29 is 17.9 Å². The number of carbonyl (C=O) groups is 1. The van der Waals surface area contributed by atoms with Gasteiger partial charge in [0.05, 0.1) is 7.11 Å². The van der Waals surface area contributed by atoms with Crippen molar-refractivity contribution in [2.24, 2.45) is 0 Å². The van der Waals surface area contributed by atoms with E-state index in [1.165, 1.54) is 39.3 Å². The summed E-state index contributed by atoms with van der Waals surface area (Å²) in [6, 6.07) is 2.73. The number of ether oxygens (including phenoxy) is 1. The van der Waals surface area contributed by atoms with Crippen LogP contribution in [-0.4, -0.2) is 32.0 Å². The lowest BCUT2D eigenvalue weighted by Gasteiger charge is -2.22. The number of methoxy groups -OCH3 is 1. The molecule has 6 nitrogen and oxygen atoms in total. The molecule has 0 unspecified atom stereocenters. The maximum Gasteiger partial charge on any atom is 0.326 e. The number of hydrogen-bond acceptors (Lipinski definition) is 5. The fourth-order valence-electron chi connectivity index (χ4n) is 1.26. The SMILES string of the molecule is COC(=O)C(C)(C)NS(=O)(=O)c1cccnc1Cl. The lowest BCUT2D eigenvalue weighted by molar-refractivity contribution is -0.146. The number of pyridine rings is 1. The third-order valence-electron chi connectivity index (χ3n) is 2.10. The van der Waals surface area contributed by atoms with E-state index in [0.29, 0.717) is 0 Å². The van der Waals surface area contributed by atoms with Crippen LogP contribution in [0.15, 0.2) is 23.2 Å². The lowest BCUT2D eigenvalue weighted by Crippen LogP contribution is -2.50. The molecule has 0 fully saturated rings. The van der Waals surface area contributed by atoms with Crippen LogP contribution < -0.4 is 4.72 Å². The number of carbonyl (C=O) groups excluding carboxylic acids is 1. The first-order valence-electron chi connectivity index (χ1n) is 4.93. The van der Waals surface area contributed by atoms with Crippen molar-refractivity contribution in [2.75, 3.05) is 7.11 Å². The Bertz CT molecular complexity index is 557. The van der Waals surface area contributed by atoms with Crippen molar-refractivity contribution in [3.05, 3.63) is 23.5 Å². The Kier molecular flexibility index (Phi) is 4.31. The summed E-state index contributed by atoms with van der Waals surface area (Å²) in [6.07, 6.45) is 1.37. The van der Waals surface area contributed by atoms with Crippen LogP contribution in [0.3, 0.4) is 0 Å². The summed E-state index contributed by atoms with van der Waals surface area (Å²) < 4.78 is 30.8. The summed E-state index contributed by atoms with van der Waals surface area (Å²) in [7, 11) is -2.77.